The van der Waals surface area contributed by atoms with Gasteiger partial charge < -0.3 is 15.2 Å². The van der Waals surface area contributed by atoms with E-state index >= 15 is 0 Å². The summed E-state index contributed by atoms with van der Waals surface area (Å²) in [7, 11) is 1.50. The third kappa shape index (κ3) is 3.52. The monoisotopic (exact) mass is 295 g/mol. The van der Waals surface area contributed by atoms with Gasteiger partial charge in [-0.1, -0.05) is 23.8 Å². The molecule has 1 aliphatic rings. The van der Waals surface area contributed by atoms with Gasteiger partial charge in [0.1, 0.15) is 5.75 Å². The van der Waals surface area contributed by atoms with Crippen molar-refractivity contribution in [1.82, 2.24) is 5.32 Å². The van der Waals surface area contributed by atoms with Gasteiger partial charge in [-0.3, -0.25) is 4.79 Å². The van der Waals surface area contributed by atoms with Crippen molar-refractivity contribution < 1.29 is 14.6 Å². The standard InChI is InChI=1S/C15H18ClNO3/c1-20-13-6-5-11(16)9-12(13)14(18)17-10-15(19)7-3-2-4-8-15/h3,5-7,9,19H,2,4,8,10H2,1H3,(H,17,18)/t15-/m1/s1. The lowest BCUT2D eigenvalue weighted by atomic mass is 9.91. The first-order chi connectivity index (χ1) is 9.54. The quantitative estimate of drug-likeness (QED) is 0.839. The molecule has 0 spiro atoms. The molecule has 0 fully saturated rings. The number of nitrogens with one attached hydrogen (secondary N) is 1. The Bertz CT molecular complexity index is 530. The van der Waals surface area contributed by atoms with E-state index < -0.39 is 5.60 Å². The lowest BCUT2D eigenvalue weighted by Gasteiger charge is -2.27. The number of benzene rings is 1. The van der Waals surface area contributed by atoms with Crippen molar-refractivity contribution in [3.05, 3.63) is 40.9 Å². The first-order valence-corrected chi connectivity index (χ1v) is 6.94. The highest BCUT2D eigenvalue weighted by Gasteiger charge is 2.26. The number of halogens is 1. The molecule has 0 radical (unpaired) electrons. The maximum absolute atomic E-state index is 12.2. The fraction of sp³-hybridized carbons (Fsp3) is 0.400. The van der Waals surface area contributed by atoms with Crippen LogP contribution in [0.3, 0.4) is 0 Å². The SMILES string of the molecule is COc1ccc(Cl)cc1C(=O)NC[C@@]1(O)C=CCCC1. The number of carbonyl (C=O) groups is 1. The van der Waals surface area contributed by atoms with Gasteiger partial charge in [0.05, 0.1) is 24.8 Å². The largest absolute Gasteiger partial charge is 0.496 e. The number of aliphatic hydroxyl groups is 1. The molecule has 5 heteroatoms. The van der Waals surface area contributed by atoms with Gasteiger partial charge in [-0.05, 0) is 37.5 Å². The molecule has 0 saturated heterocycles. The lowest BCUT2D eigenvalue weighted by Crippen LogP contribution is -2.42. The predicted octanol–water partition coefficient (Wildman–Crippen LogP) is 2.55. The number of methoxy groups -OCH3 is 1. The van der Waals surface area contributed by atoms with E-state index in [0.29, 0.717) is 22.8 Å². The van der Waals surface area contributed by atoms with E-state index in [9.17, 15) is 9.90 Å². The fourth-order valence-corrected chi connectivity index (χ4v) is 2.42. The Hall–Kier alpha value is -1.52. The molecule has 0 heterocycles. The maximum Gasteiger partial charge on any atom is 0.255 e. The molecule has 20 heavy (non-hydrogen) atoms. The summed E-state index contributed by atoms with van der Waals surface area (Å²) in [6, 6.07) is 4.86. The zero-order valence-corrected chi connectivity index (χ0v) is 12.1. The molecule has 1 aromatic rings. The molecule has 1 atom stereocenters. The molecular weight excluding hydrogens is 278 g/mol. The number of ether oxygens (including phenoxy) is 1. The van der Waals surface area contributed by atoms with E-state index in [1.54, 1.807) is 24.3 Å². The van der Waals surface area contributed by atoms with Gasteiger partial charge in [-0.25, -0.2) is 0 Å². The Labute approximate surface area is 123 Å². The Kier molecular flexibility index (Phi) is 4.68. The molecule has 2 N–H and O–H groups in total. The number of amides is 1. The predicted molar refractivity (Wildman–Crippen MR) is 78.3 cm³/mol. The summed E-state index contributed by atoms with van der Waals surface area (Å²) in [6.07, 6.45) is 6.24. The number of hydrogen-bond acceptors (Lipinski definition) is 3. The minimum Gasteiger partial charge on any atom is -0.496 e. The third-order valence-corrected chi connectivity index (χ3v) is 3.60. The second-order valence-electron chi connectivity index (χ2n) is 4.93. The average Bonchev–Trinajstić information content (AvgIpc) is 2.45. The molecule has 0 aromatic heterocycles. The van der Waals surface area contributed by atoms with Crippen LogP contribution in [0.2, 0.25) is 5.02 Å². The van der Waals surface area contributed by atoms with Crippen LogP contribution in [-0.2, 0) is 0 Å². The van der Waals surface area contributed by atoms with Crippen LogP contribution in [0.25, 0.3) is 0 Å². The second kappa shape index (κ2) is 6.29. The zero-order chi connectivity index (χ0) is 14.6. The van der Waals surface area contributed by atoms with Crippen molar-refractivity contribution in [2.75, 3.05) is 13.7 Å². The van der Waals surface area contributed by atoms with Crippen molar-refractivity contribution >= 4 is 17.5 Å². The lowest BCUT2D eigenvalue weighted by molar-refractivity contribution is 0.0659. The molecule has 108 valence electrons. The highest BCUT2D eigenvalue weighted by atomic mass is 35.5. The molecule has 4 nitrogen and oxygen atoms in total. The van der Waals surface area contributed by atoms with Gasteiger partial charge >= 0.3 is 0 Å². The normalized spacial score (nSPS) is 21.6. The molecule has 1 aromatic carbocycles. The molecule has 1 aliphatic carbocycles. The number of rotatable bonds is 4. The van der Waals surface area contributed by atoms with Crippen molar-refractivity contribution in [3.8, 4) is 5.75 Å². The molecule has 1 amide bonds. The van der Waals surface area contributed by atoms with Gasteiger partial charge in [-0.2, -0.15) is 0 Å². The van der Waals surface area contributed by atoms with Gasteiger partial charge in [0.15, 0.2) is 0 Å². The van der Waals surface area contributed by atoms with E-state index in [1.165, 1.54) is 7.11 Å². The fourth-order valence-electron chi connectivity index (χ4n) is 2.25. The first-order valence-electron chi connectivity index (χ1n) is 6.56. The Morgan fingerprint density at radius 2 is 2.35 bits per heavy atom. The Morgan fingerprint density at radius 3 is 3.00 bits per heavy atom. The first kappa shape index (κ1) is 14.9. The summed E-state index contributed by atoms with van der Waals surface area (Å²) in [5, 5.41) is 13.5. The van der Waals surface area contributed by atoms with Crippen LogP contribution in [0.5, 0.6) is 5.75 Å². The van der Waals surface area contributed by atoms with E-state index in [4.69, 9.17) is 16.3 Å². The summed E-state index contributed by atoms with van der Waals surface area (Å²) < 4.78 is 5.14. The van der Waals surface area contributed by atoms with Gasteiger partial charge in [-0.15, -0.1) is 0 Å². The van der Waals surface area contributed by atoms with E-state index in [-0.39, 0.29) is 12.5 Å². The van der Waals surface area contributed by atoms with Crippen molar-refractivity contribution in [2.45, 2.75) is 24.9 Å². The highest BCUT2D eigenvalue weighted by molar-refractivity contribution is 6.31. The molecule has 0 saturated carbocycles. The van der Waals surface area contributed by atoms with Crippen LogP contribution < -0.4 is 10.1 Å². The van der Waals surface area contributed by atoms with Crippen molar-refractivity contribution in [2.24, 2.45) is 0 Å². The van der Waals surface area contributed by atoms with Crippen LogP contribution in [0.4, 0.5) is 0 Å². The van der Waals surface area contributed by atoms with Gasteiger partial charge in [0.25, 0.3) is 5.91 Å². The van der Waals surface area contributed by atoms with Crippen LogP contribution in [0.1, 0.15) is 29.6 Å². The molecule has 0 bridgehead atoms. The van der Waals surface area contributed by atoms with Gasteiger partial charge in [0, 0.05) is 5.02 Å². The average molecular weight is 296 g/mol. The summed E-state index contributed by atoms with van der Waals surface area (Å²) in [6.45, 7) is 0.179. The molecular formula is C15H18ClNO3. The molecule has 0 unspecified atom stereocenters. The van der Waals surface area contributed by atoms with E-state index in [1.807, 2.05) is 6.08 Å². The topological polar surface area (TPSA) is 58.6 Å². The summed E-state index contributed by atoms with van der Waals surface area (Å²) in [5.41, 5.74) is -0.594. The van der Waals surface area contributed by atoms with Gasteiger partial charge in [0.2, 0.25) is 0 Å². The number of carbonyl (C=O) groups excluding carboxylic acids is 1. The highest BCUT2D eigenvalue weighted by Crippen LogP contribution is 2.24. The van der Waals surface area contributed by atoms with Crippen molar-refractivity contribution in [3.63, 3.8) is 0 Å². The molecule has 2 rings (SSSR count). The Balaban J connectivity index is 2.07. The van der Waals surface area contributed by atoms with Crippen molar-refractivity contribution in [1.29, 1.82) is 0 Å². The van der Waals surface area contributed by atoms with E-state index in [2.05, 4.69) is 5.32 Å². The summed E-state index contributed by atoms with van der Waals surface area (Å²) >= 11 is 5.90. The van der Waals surface area contributed by atoms with Crippen LogP contribution in [-0.4, -0.2) is 30.3 Å². The molecule has 0 aliphatic heterocycles. The van der Waals surface area contributed by atoms with Crippen LogP contribution in [0, 0.1) is 0 Å². The summed E-state index contributed by atoms with van der Waals surface area (Å²) in [5.74, 6) is 0.148. The second-order valence-corrected chi connectivity index (χ2v) is 5.36. The maximum atomic E-state index is 12.2. The van der Waals surface area contributed by atoms with Crippen LogP contribution >= 0.6 is 11.6 Å². The number of hydrogen-bond donors (Lipinski definition) is 2. The smallest absolute Gasteiger partial charge is 0.255 e. The zero-order valence-electron chi connectivity index (χ0n) is 11.4. The minimum absolute atomic E-state index is 0.179. The van der Waals surface area contributed by atoms with E-state index in [0.717, 1.165) is 12.8 Å². The summed E-state index contributed by atoms with van der Waals surface area (Å²) in [4.78, 5) is 12.2. The number of allylic oxidation sites excluding steroid dienone is 1. The van der Waals surface area contributed by atoms with Crippen LogP contribution in [0.15, 0.2) is 30.4 Å². The third-order valence-electron chi connectivity index (χ3n) is 3.37. The minimum atomic E-state index is -0.959. The Morgan fingerprint density at radius 1 is 1.55 bits per heavy atom.